The van der Waals surface area contributed by atoms with Crippen molar-refractivity contribution in [1.29, 1.82) is 0 Å². The first kappa shape index (κ1) is 19.7. The highest BCUT2D eigenvalue weighted by atomic mass is 35.5. The molecule has 1 rings (SSSR count). The maximum atomic E-state index is 11.8. The fraction of sp³-hybridized carbons (Fsp3) is 0.769. The second-order valence-electron chi connectivity index (χ2n) is 5.81. The summed E-state index contributed by atoms with van der Waals surface area (Å²) in [5, 5.41) is 5.28. The van der Waals surface area contributed by atoms with Crippen molar-refractivity contribution in [3.8, 4) is 0 Å². The molecule has 1 aliphatic rings. The molecular formula is C13H25ClN4O3. The number of hydrogen-bond donors (Lipinski definition) is 4. The minimum atomic E-state index is -0.633. The van der Waals surface area contributed by atoms with E-state index in [9.17, 15) is 14.4 Å². The Morgan fingerprint density at radius 3 is 2.19 bits per heavy atom. The van der Waals surface area contributed by atoms with Gasteiger partial charge in [-0.2, -0.15) is 0 Å². The predicted octanol–water partition coefficient (Wildman–Crippen LogP) is -0.578. The lowest BCUT2D eigenvalue weighted by Gasteiger charge is -2.41. The monoisotopic (exact) mass is 320 g/mol. The second kappa shape index (κ2) is 8.19. The van der Waals surface area contributed by atoms with Gasteiger partial charge in [0.2, 0.25) is 17.7 Å². The van der Waals surface area contributed by atoms with E-state index >= 15 is 0 Å². The Hall–Kier alpha value is -1.34. The van der Waals surface area contributed by atoms with Crippen molar-refractivity contribution in [2.75, 3.05) is 6.54 Å². The topological polar surface area (TPSA) is 127 Å². The van der Waals surface area contributed by atoms with Crippen molar-refractivity contribution in [2.24, 2.45) is 17.4 Å². The van der Waals surface area contributed by atoms with Gasteiger partial charge in [-0.05, 0) is 25.2 Å². The van der Waals surface area contributed by atoms with Gasteiger partial charge < -0.3 is 22.1 Å². The molecule has 8 heteroatoms. The molecule has 0 unspecified atom stereocenters. The number of carbonyl (C=O) groups excluding carboxylic acids is 3. The number of halogens is 1. The van der Waals surface area contributed by atoms with Gasteiger partial charge in [-0.1, -0.05) is 13.8 Å². The van der Waals surface area contributed by atoms with E-state index in [1.165, 1.54) is 0 Å². The third-order valence-corrected chi connectivity index (χ3v) is 3.67. The van der Waals surface area contributed by atoms with E-state index in [4.69, 9.17) is 11.5 Å². The fourth-order valence-electron chi connectivity index (χ4n) is 2.21. The summed E-state index contributed by atoms with van der Waals surface area (Å²) in [5.41, 5.74) is 10.3. The fourth-order valence-corrected chi connectivity index (χ4v) is 2.21. The Balaban J connectivity index is 0.00000400. The van der Waals surface area contributed by atoms with E-state index in [0.29, 0.717) is 0 Å². The SMILES string of the molecule is CC(C)[C@H](N)C(=O)NCC(=O)NC1(CC(N)=O)CCC1.Cl. The van der Waals surface area contributed by atoms with Gasteiger partial charge in [-0.15, -0.1) is 12.4 Å². The van der Waals surface area contributed by atoms with Crippen LogP contribution < -0.4 is 22.1 Å². The molecular weight excluding hydrogens is 296 g/mol. The molecule has 1 saturated carbocycles. The summed E-state index contributed by atoms with van der Waals surface area (Å²) < 4.78 is 0. The lowest BCUT2D eigenvalue weighted by molar-refractivity contribution is -0.129. The molecule has 6 N–H and O–H groups in total. The number of rotatable bonds is 7. The number of primary amides is 1. The van der Waals surface area contributed by atoms with Crippen LogP contribution in [-0.4, -0.2) is 35.8 Å². The Morgan fingerprint density at radius 2 is 1.81 bits per heavy atom. The molecule has 3 amide bonds. The third-order valence-electron chi connectivity index (χ3n) is 3.67. The minimum Gasteiger partial charge on any atom is -0.370 e. The summed E-state index contributed by atoms with van der Waals surface area (Å²) in [5.74, 6) is -1.11. The summed E-state index contributed by atoms with van der Waals surface area (Å²) in [6.07, 6.45) is 2.57. The largest absolute Gasteiger partial charge is 0.370 e. The molecule has 21 heavy (non-hydrogen) atoms. The van der Waals surface area contributed by atoms with Crippen molar-refractivity contribution in [2.45, 2.75) is 51.1 Å². The van der Waals surface area contributed by atoms with Crippen molar-refractivity contribution in [3.63, 3.8) is 0 Å². The first-order chi connectivity index (χ1) is 9.26. The van der Waals surface area contributed by atoms with E-state index in [2.05, 4.69) is 10.6 Å². The van der Waals surface area contributed by atoms with Gasteiger partial charge >= 0.3 is 0 Å². The number of nitrogens with two attached hydrogens (primary N) is 2. The van der Waals surface area contributed by atoms with Crippen LogP contribution in [0.25, 0.3) is 0 Å². The molecule has 0 spiro atoms. The summed E-state index contributed by atoms with van der Waals surface area (Å²) >= 11 is 0. The zero-order valence-corrected chi connectivity index (χ0v) is 13.3. The van der Waals surface area contributed by atoms with Crippen LogP contribution in [0.1, 0.15) is 39.5 Å². The van der Waals surface area contributed by atoms with E-state index in [1.54, 1.807) is 0 Å². The van der Waals surface area contributed by atoms with Crippen molar-refractivity contribution >= 4 is 30.1 Å². The summed E-state index contributed by atoms with van der Waals surface area (Å²) in [4.78, 5) is 34.4. The van der Waals surface area contributed by atoms with Crippen LogP contribution in [0.4, 0.5) is 0 Å². The van der Waals surface area contributed by atoms with Gasteiger partial charge in [0.1, 0.15) is 0 Å². The number of amides is 3. The maximum absolute atomic E-state index is 11.8. The lowest BCUT2D eigenvalue weighted by atomic mass is 9.74. The van der Waals surface area contributed by atoms with Gasteiger partial charge in [0.15, 0.2) is 0 Å². The highest BCUT2D eigenvalue weighted by Gasteiger charge is 2.39. The average molecular weight is 321 g/mol. The van der Waals surface area contributed by atoms with Crippen LogP contribution in [0.3, 0.4) is 0 Å². The summed E-state index contributed by atoms with van der Waals surface area (Å²) in [6, 6.07) is -0.633. The van der Waals surface area contributed by atoms with Crippen LogP contribution in [0, 0.1) is 5.92 Å². The van der Waals surface area contributed by atoms with Crippen molar-refractivity contribution in [3.05, 3.63) is 0 Å². The van der Waals surface area contributed by atoms with E-state index < -0.39 is 17.5 Å². The van der Waals surface area contributed by atoms with Crippen LogP contribution >= 0.6 is 12.4 Å². The minimum absolute atomic E-state index is 0. The highest BCUT2D eigenvalue weighted by Crippen LogP contribution is 2.34. The lowest BCUT2D eigenvalue weighted by Crippen LogP contribution is -2.57. The number of hydrogen-bond acceptors (Lipinski definition) is 4. The van der Waals surface area contributed by atoms with Crippen LogP contribution in [0.5, 0.6) is 0 Å². The maximum Gasteiger partial charge on any atom is 0.239 e. The van der Waals surface area contributed by atoms with Crippen LogP contribution in [0.15, 0.2) is 0 Å². The van der Waals surface area contributed by atoms with Gasteiger partial charge in [-0.3, -0.25) is 14.4 Å². The Morgan fingerprint density at radius 1 is 1.24 bits per heavy atom. The summed E-state index contributed by atoms with van der Waals surface area (Å²) in [6.45, 7) is 3.53. The summed E-state index contributed by atoms with van der Waals surface area (Å²) in [7, 11) is 0. The molecule has 0 aromatic heterocycles. The van der Waals surface area contributed by atoms with Crippen molar-refractivity contribution in [1.82, 2.24) is 10.6 Å². The quantitative estimate of drug-likeness (QED) is 0.500. The normalized spacial score (nSPS) is 17.1. The molecule has 0 aliphatic heterocycles. The van der Waals surface area contributed by atoms with E-state index in [0.717, 1.165) is 19.3 Å². The second-order valence-corrected chi connectivity index (χ2v) is 5.81. The molecule has 0 heterocycles. The van der Waals surface area contributed by atoms with Crippen LogP contribution in [0.2, 0.25) is 0 Å². The van der Waals surface area contributed by atoms with E-state index in [-0.39, 0.29) is 43.1 Å². The van der Waals surface area contributed by atoms with Gasteiger partial charge in [0.05, 0.1) is 12.6 Å². The molecule has 1 fully saturated rings. The molecule has 0 bridgehead atoms. The molecule has 0 aromatic carbocycles. The first-order valence-corrected chi connectivity index (χ1v) is 6.88. The molecule has 0 saturated heterocycles. The Kier molecular flexibility index (Phi) is 7.67. The first-order valence-electron chi connectivity index (χ1n) is 6.88. The Bertz CT molecular complexity index is 397. The molecule has 7 nitrogen and oxygen atoms in total. The zero-order valence-electron chi connectivity index (χ0n) is 12.5. The Labute approximate surface area is 131 Å². The smallest absolute Gasteiger partial charge is 0.239 e. The van der Waals surface area contributed by atoms with Gasteiger partial charge in [0.25, 0.3) is 0 Å². The zero-order chi connectivity index (χ0) is 15.3. The average Bonchev–Trinajstić information content (AvgIpc) is 2.31. The highest BCUT2D eigenvalue weighted by molar-refractivity contribution is 5.88. The predicted molar refractivity (Wildman–Crippen MR) is 81.6 cm³/mol. The molecule has 1 atom stereocenters. The molecule has 122 valence electrons. The number of carbonyl (C=O) groups is 3. The van der Waals surface area contributed by atoms with Gasteiger partial charge in [0, 0.05) is 12.0 Å². The molecule has 1 aliphatic carbocycles. The van der Waals surface area contributed by atoms with Crippen LogP contribution in [-0.2, 0) is 14.4 Å². The van der Waals surface area contributed by atoms with Gasteiger partial charge in [-0.25, -0.2) is 0 Å². The standard InChI is InChI=1S/C13H24N4O3.ClH/c1-8(2)11(15)12(20)16-7-10(19)17-13(4-3-5-13)6-9(14)18;/h8,11H,3-7,15H2,1-2H3,(H2,14,18)(H,16,20)(H,17,19);1H/t11-;/m0./s1. The number of nitrogens with one attached hydrogen (secondary N) is 2. The van der Waals surface area contributed by atoms with E-state index in [1.807, 2.05) is 13.8 Å². The van der Waals surface area contributed by atoms with Crippen molar-refractivity contribution < 1.29 is 14.4 Å². The molecule has 0 radical (unpaired) electrons. The third kappa shape index (κ3) is 5.89. The molecule has 0 aromatic rings.